The second-order valence-electron chi connectivity index (χ2n) is 5.26. The summed E-state index contributed by atoms with van der Waals surface area (Å²) < 4.78 is 33.0. The van der Waals surface area contributed by atoms with E-state index in [1.165, 1.54) is 0 Å². The Morgan fingerprint density at radius 1 is 1.16 bits per heavy atom. The molecule has 0 unspecified atom stereocenters. The molecule has 25 heavy (non-hydrogen) atoms. The first-order chi connectivity index (χ1) is 12.1. The van der Waals surface area contributed by atoms with Gasteiger partial charge in [0, 0.05) is 25.0 Å². The zero-order chi connectivity index (χ0) is 17.6. The van der Waals surface area contributed by atoms with E-state index in [-0.39, 0.29) is 12.4 Å². The SMILES string of the molecule is O=C(COc1ccc(F)cc1F)NCc1ccc(-n2cccn2)cc1. The summed E-state index contributed by atoms with van der Waals surface area (Å²) in [5.74, 6) is -2.12. The molecule has 0 saturated heterocycles. The third-order valence-electron chi connectivity index (χ3n) is 3.45. The Morgan fingerprint density at radius 3 is 2.64 bits per heavy atom. The number of halogens is 2. The lowest BCUT2D eigenvalue weighted by Crippen LogP contribution is -2.28. The molecule has 0 aliphatic carbocycles. The molecule has 0 bridgehead atoms. The molecule has 0 aliphatic rings. The van der Waals surface area contributed by atoms with E-state index in [4.69, 9.17) is 4.74 Å². The Bertz CT molecular complexity index is 849. The maximum Gasteiger partial charge on any atom is 0.258 e. The van der Waals surface area contributed by atoms with Crippen LogP contribution in [0.4, 0.5) is 8.78 Å². The summed E-state index contributed by atoms with van der Waals surface area (Å²) in [7, 11) is 0. The number of carbonyl (C=O) groups excluding carboxylic acids is 1. The van der Waals surface area contributed by atoms with Gasteiger partial charge in [0.1, 0.15) is 5.82 Å². The van der Waals surface area contributed by atoms with Crippen molar-refractivity contribution in [2.75, 3.05) is 6.61 Å². The molecule has 0 atom stereocenters. The normalized spacial score (nSPS) is 10.5. The van der Waals surface area contributed by atoms with Gasteiger partial charge in [0.2, 0.25) is 0 Å². The molecule has 0 radical (unpaired) electrons. The van der Waals surface area contributed by atoms with Crippen molar-refractivity contribution in [1.82, 2.24) is 15.1 Å². The van der Waals surface area contributed by atoms with E-state index in [9.17, 15) is 13.6 Å². The molecule has 3 rings (SSSR count). The van der Waals surface area contributed by atoms with Gasteiger partial charge in [-0.3, -0.25) is 4.79 Å². The number of benzene rings is 2. The summed E-state index contributed by atoms with van der Waals surface area (Å²) in [4.78, 5) is 11.8. The first-order valence-electron chi connectivity index (χ1n) is 7.55. The summed E-state index contributed by atoms with van der Waals surface area (Å²) in [6, 6.07) is 12.3. The van der Waals surface area contributed by atoms with Crippen LogP contribution in [0.5, 0.6) is 5.75 Å². The van der Waals surface area contributed by atoms with E-state index in [1.807, 2.05) is 36.5 Å². The Hall–Kier alpha value is -3.22. The van der Waals surface area contributed by atoms with Gasteiger partial charge in [0.25, 0.3) is 5.91 Å². The van der Waals surface area contributed by atoms with Crippen molar-refractivity contribution in [1.29, 1.82) is 0 Å². The summed E-state index contributed by atoms with van der Waals surface area (Å²) in [6.07, 6.45) is 3.53. The van der Waals surface area contributed by atoms with E-state index in [0.29, 0.717) is 12.6 Å². The van der Waals surface area contributed by atoms with Gasteiger partial charge in [0.05, 0.1) is 5.69 Å². The molecule has 0 aliphatic heterocycles. The lowest BCUT2D eigenvalue weighted by Gasteiger charge is -2.09. The van der Waals surface area contributed by atoms with Crippen LogP contribution in [0.2, 0.25) is 0 Å². The van der Waals surface area contributed by atoms with Gasteiger partial charge in [-0.15, -0.1) is 0 Å². The Morgan fingerprint density at radius 2 is 1.96 bits per heavy atom. The first kappa shape index (κ1) is 16.6. The minimum atomic E-state index is -0.845. The molecule has 1 amide bonds. The van der Waals surface area contributed by atoms with Crippen molar-refractivity contribution in [3.63, 3.8) is 0 Å². The van der Waals surface area contributed by atoms with Gasteiger partial charge >= 0.3 is 0 Å². The Balaban J connectivity index is 1.49. The largest absolute Gasteiger partial charge is 0.481 e. The van der Waals surface area contributed by atoms with E-state index in [2.05, 4.69) is 10.4 Å². The van der Waals surface area contributed by atoms with Crippen LogP contribution in [0.1, 0.15) is 5.56 Å². The number of aromatic nitrogens is 2. The average Bonchev–Trinajstić information content (AvgIpc) is 3.14. The fourth-order valence-electron chi connectivity index (χ4n) is 2.18. The summed E-state index contributed by atoms with van der Waals surface area (Å²) >= 11 is 0. The van der Waals surface area contributed by atoms with Crippen LogP contribution in [0, 0.1) is 11.6 Å². The minimum Gasteiger partial charge on any atom is -0.481 e. The molecule has 128 valence electrons. The lowest BCUT2D eigenvalue weighted by molar-refractivity contribution is -0.123. The second-order valence-corrected chi connectivity index (χ2v) is 5.26. The number of hydrogen-bond donors (Lipinski definition) is 1. The van der Waals surface area contributed by atoms with Gasteiger partial charge < -0.3 is 10.1 Å². The quantitative estimate of drug-likeness (QED) is 0.749. The van der Waals surface area contributed by atoms with Crippen LogP contribution in [0.25, 0.3) is 5.69 Å². The molecule has 0 spiro atoms. The lowest BCUT2D eigenvalue weighted by atomic mass is 10.2. The van der Waals surface area contributed by atoms with Crippen LogP contribution in [-0.4, -0.2) is 22.3 Å². The van der Waals surface area contributed by atoms with Crippen molar-refractivity contribution in [2.24, 2.45) is 0 Å². The van der Waals surface area contributed by atoms with Gasteiger partial charge in [-0.1, -0.05) is 12.1 Å². The summed E-state index contributed by atoms with van der Waals surface area (Å²) in [5, 5.41) is 6.80. The van der Waals surface area contributed by atoms with E-state index >= 15 is 0 Å². The molecule has 5 nitrogen and oxygen atoms in total. The van der Waals surface area contributed by atoms with Crippen LogP contribution < -0.4 is 10.1 Å². The van der Waals surface area contributed by atoms with Crippen LogP contribution in [-0.2, 0) is 11.3 Å². The van der Waals surface area contributed by atoms with Crippen molar-refractivity contribution in [3.8, 4) is 11.4 Å². The predicted molar refractivity (Wildman–Crippen MR) is 87.3 cm³/mol. The highest BCUT2D eigenvalue weighted by Crippen LogP contribution is 2.17. The highest BCUT2D eigenvalue weighted by molar-refractivity contribution is 5.77. The van der Waals surface area contributed by atoms with E-state index in [1.54, 1.807) is 10.9 Å². The average molecular weight is 343 g/mol. The molecular weight excluding hydrogens is 328 g/mol. The maximum absolute atomic E-state index is 13.4. The number of rotatable bonds is 6. The Labute approximate surface area is 142 Å². The maximum atomic E-state index is 13.4. The third-order valence-corrected chi connectivity index (χ3v) is 3.45. The predicted octanol–water partition coefficient (Wildman–Crippen LogP) is 2.85. The molecule has 3 aromatic rings. The fraction of sp³-hybridized carbons (Fsp3) is 0.111. The Kier molecular flexibility index (Phi) is 5.03. The highest BCUT2D eigenvalue weighted by atomic mass is 19.1. The topological polar surface area (TPSA) is 56.1 Å². The highest BCUT2D eigenvalue weighted by Gasteiger charge is 2.08. The van der Waals surface area contributed by atoms with Gasteiger partial charge in [-0.25, -0.2) is 13.5 Å². The smallest absolute Gasteiger partial charge is 0.258 e. The number of nitrogens with one attached hydrogen (secondary N) is 1. The number of nitrogens with zero attached hydrogens (tertiary/aromatic N) is 2. The molecule has 0 fully saturated rings. The fourth-order valence-corrected chi connectivity index (χ4v) is 2.18. The zero-order valence-electron chi connectivity index (χ0n) is 13.2. The van der Waals surface area contributed by atoms with Crippen LogP contribution in [0.3, 0.4) is 0 Å². The molecule has 0 saturated carbocycles. The molecule has 7 heteroatoms. The van der Waals surface area contributed by atoms with Gasteiger partial charge in [-0.05, 0) is 35.9 Å². The van der Waals surface area contributed by atoms with Crippen molar-refractivity contribution < 1.29 is 18.3 Å². The molecule has 1 aromatic heterocycles. The van der Waals surface area contributed by atoms with Crippen LogP contribution in [0.15, 0.2) is 60.9 Å². The van der Waals surface area contributed by atoms with Crippen molar-refractivity contribution in [2.45, 2.75) is 6.54 Å². The molecule has 1 heterocycles. The minimum absolute atomic E-state index is 0.167. The number of amides is 1. The molecular formula is C18H15F2N3O2. The standard InChI is InChI=1S/C18H15F2N3O2/c19-14-4-7-17(16(20)10-14)25-12-18(24)21-11-13-2-5-15(6-3-13)23-9-1-8-22-23/h1-10H,11-12H2,(H,21,24). The molecule has 2 aromatic carbocycles. The van der Waals surface area contributed by atoms with E-state index in [0.717, 1.165) is 23.4 Å². The third kappa shape index (κ3) is 4.41. The monoisotopic (exact) mass is 343 g/mol. The number of hydrogen-bond acceptors (Lipinski definition) is 3. The van der Waals surface area contributed by atoms with Gasteiger partial charge in [0.15, 0.2) is 18.2 Å². The van der Waals surface area contributed by atoms with Gasteiger partial charge in [-0.2, -0.15) is 5.10 Å². The van der Waals surface area contributed by atoms with E-state index < -0.39 is 17.5 Å². The van der Waals surface area contributed by atoms with Crippen LogP contribution >= 0.6 is 0 Å². The number of carbonyl (C=O) groups is 1. The van der Waals surface area contributed by atoms with Crippen molar-refractivity contribution in [3.05, 3.63) is 78.1 Å². The molecule has 1 N–H and O–H groups in total. The first-order valence-corrected chi connectivity index (χ1v) is 7.55. The summed E-state index contributed by atoms with van der Waals surface area (Å²) in [6.45, 7) is -0.0403. The number of ether oxygens (including phenoxy) is 1. The zero-order valence-corrected chi connectivity index (χ0v) is 13.2. The van der Waals surface area contributed by atoms with Crippen molar-refractivity contribution >= 4 is 5.91 Å². The second kappa shape index (κ2) is 7.57. The summed E-state index contributed by atoms with van der Waals surface area (Å²) in [5.41, 5.74) is 1.81.